The zero-order valence-corrected chi connectivity index (χ0v) is 6.17. The fourth-order valence-corrected chi connectivity index (χ4v) is 3.02. The second kappa shape index (κ2) is 2.96. The van der Waals surface area contributed by atoms with Crippen LogP contribution >= 0.6 is 21.6 Å². The van der Waals surface area contributed by atoms with Gasteiger partial charge in [0, 0.05) is 23.6 Å². The van der Waals surface area contributed by atoms with Crippen LogP contribution in [0.5, 0.6) is 0 Å². The van der Waals surface area contributed by atoms with Crippen molar-refractivity contribution < 1.29 is 0 Å². The number of hydrogen-bond acceptors (Lipinski definition) is 4. The quantitative estimate of drug-likeness (QED) is 0.479. The maximum atomic E-state index is 5.62. The molecule has 4 N–H and O–H groups in total. The first-order valence-corrected chi connectivity index (χ1v) is 5.05. The zero-order chi connectivity index (χ0) is 5.98. The molecule has 0 aromatic carbocycles. The van der Waals surface area contributed by atoms with E-state index in [1.165, 1.54) is 0 Å². The van der Waals surface area contributed by atoms with Crippen LogP contribution in [0.1, 0.15) is 0 Å². The second-order valence-corrected chi connectivity index (χ2v) is 4.45. The van der Waals surface area contributed by atoms with Crippen LogP contribution in [0, 0.1) is 0 Å². The van der Waals surface area contributed by atoms with E-state index < -0.39 is 0 Å². The highest BCUT2D eigenvalue weighted by Crippen LogP contribution is 2.27. The van der Waals surface area contributed by atoms with Gasteiger partial charge in [-0.2, -0.15) is 0 Å². The largest absolute Gasteiger partial charge is 0.326 e. The molecule has 1 fully saturated rings. The van der Waals surface area contributed by atoms with Crippen LogP contribution in [0.2, 0.25) is 0 Å². The topological polar surface area (TPSA) is 52.0 Å². The van der Waals surface area contributed by atoms with Gasteiger partial charge in [-0.05, 0) is 0 Å². The Morgan fingerprint density at radius 2 is 1.38 bits per heavy atom. The van der Waals surface area contributed by atoms with Gasteiger partial charge in [0.2, 0.25) is 0 Å². The van der Waals surface area contributed by atoms with E-state index in [2.05, 4.69) is 0 Å². The maximum absolute atomic E-state index is 5.62. The molecule has 0 amide bonds. The van der Waals surface area contributed by atoms with E-state index in [1.807, 2.05) is 21.6 Å². The molecule has 1 heterocycles. The summed E-state index contributed by atoms with van der Waals surface area (Å²) in [5, 5.41) is 0. The van der Waals surface area contributed by atoms with Gasteiger partial charge in [0.1, 0.15) is 0 Å². The van der Waals surface area contributed by atoms with Gasteiger partial charge in [-0.3, -0.25) is 0 Å². The second-order valence-electron chi connectivity index (χ2n) is 1.90. The molecule has 2 nitrogen and oxygen atoms in total. The molecule has 0 spiro atoms. The van der Waals surface area contributed by atoms with E-state index in [9.17, 15) is 0 Å². The highest BCUT2D eigenvalue weighted by Gasteiger charge is 2.17. The molecule has 1 rings (SSSR count). The fraction of sp³-hybridized carbons (Fsp3) is 1.00. The lowest BCUT2D eigenvalue weighted by atomic mass is 10.2. The van der Waals surface area contributed by atoms with Crippen molar-refractivity contribution in [1.29, 1.82) is 0 Å². The predicted molar refractivity (Wildman–Crippen MR) is 40.9 cm³/mol. The van der Waals surface area contributed by atoms with E-state index in [0.717, 1.165) is 11.5 Å². The van der Waals surface area contributed by atoms with E-state index >= 15 is 0 Å². The summed E-state index contributed by atoms with van der Waals surface area (Å²) in [7, 11) is 3.64. The summed E-state index contributed by atoms with van der Waals surface area (Å²) in [5.41, 5.74) is 11.2. The Bertz CT molecular complexity index is 68.4. The van der Waals surface area contributed by atoms with Crippen molar-refractivity contribution in [2.45, 2.75) is 12.1 Å². The lowest BCUT2D eigenvalue weighted by Gasteiger charge is -2.23. The minimum atomic E-state index is 0.223. The van der Waals surface area contributed by atoms with Crippen LogP contribution in [0.15, 0.2) is 0 Å². The van der Waals surface area contributed by atoms with Gasteiger partial charge >= 0.3 is 0 Å². The van der Waals surface area contributed by atoms with Crippen LogP contribution in [-0.2, 0) is 0 Å². The average Bonchev–Trinajstić information content (AvgIpc) is 1.77. The van der Waals surface area contributed by atoms with Crippen molar-refractivity contribution in [3.63, 3.8) is 0 Å². The Balaban J connectivity index is 2.28. The van der Waals surface area contributed by atoms with Crippen molar-refractivity contribution in [2.24, 2.45) is 11.5 Å². The molecule has 1 aliphatic heterocycles. The highest BCUT2D eigenvalue weighted by molar-refractivity contribution is 8.76. The maximum Gasteiger partial charge on any atom is 0.0301 e. The third-order valence-corrected chi connectivity index (χ3v) is 3.68. The van der Waals surface area contributed by atoms with Gasteiger partial charge in [-0.25, -0.2) is 0 Å². The highest BCUT2D eigenvalue weighted by atomic mass is 33.1. The Morgan fingerprint density at radius 1 is 1.00 bits per heavy atom. The Labute approximate surface area is 57.2 Å². The SMILES string of the molecule is N[C@@H]1CSSC[C@H]1N. The van der Waals surface area contributed by atoms with Crippen molar-refractivity contribution in [3.8, 4) is 0 Å². The first kappa shape index (κ1) is 6.74. The van der Waals surface area contributed by atoms with Gasteiger partial charge in [0.25, 0.3) is 0 Å². The zero-order valence-electron chi connectivity index (χ0n) is 4.54. The molecule has 0 radical (unpaired) electrons. The Kier molecular flexibility index (Phi) is 2.49. The smallest absolute Gasteiger partial charge is 0.0301 e. The normalized spacial score (nSPS) is 39.8. The standard InChI is InChI=1S/C4H10N2S2/c5-3-1-7-8-2-4(3)6/h3-4H,1-2,5-6H2/t3-,4-/m1/s1. The van der Waals surface area contributed by atoms with Crippen LogP contribution < -0.4 is 11.5 Å². The van der Waals surface area contributed by atoms with Crippen molar-refractivity contribution >= 4 is 21.6 Å². The van der Waals surface area contributed by atoms with E-state index in [-0.39, 0.29) is 12.1 Å². The summed E-state index contributed by atoms with van der Waals surface area (Å²) in [6, 6.07) is 0.447. The van der Waals surface area contributed by atoms with Crippen LogP contribution in [0.25, 0.3) is 0 Å². The summed E-state index contributed by atoms with van der Waals surface area (Å²) < 4.78 is 0. The molecule has 0 aromatic rings. The minimum absolute atomic E-state index is 0.223. The molecule has 8 heavy (non-hydrogen) atoms. The molecular formula is C4H10N2S2. The van der Waals surface area contributed by atoms with Crippen molar-refractivity contribution in [2.75, 3.05) is 11.5 Å². The van der Waals surface area contributed by atoms with E-state index in [0.29, 0.717) is 0 Å². The molecule has 1 saturated heterocycles. The van der Waals surface area contributed by atoms with Gasteiger partial charge in [-0.15, -0.1) is 0 Å². The summed E-state index contributed by atoms with van der Waals surface area (Å²) in [5.74, 6) is 2.01. The molecule has 1 aliphatic rings. The summed E-state index contributed by atoms with van der Waals surface area (Å²) in [6.45, 7) is 0. The molecule has 0 aromatic heterocycles. The molecule has 48 valence electrons. The molecule has 4 heteroatoms. The predicted octanol–water partition coefficient (Wildman–Crippen LogP) is 0.0360. The average molecular weight is 150 g/mol. The van der Waals surface area contributed by atoms with Crippen molar-refractivity contribution in [1.82, 2.24) is 0 Å². The van der Waals surface area contributed by atoms with Gasteiger partial charge in [0.15, 0.2) is 0 Å². The molecule has 0 saturated carbocycles. The number of nitrogens with two attached hydrogens (primary N) is 2. The van der Waals surface area contributed by atoms with Gasteiger partial charge in [-0.1, -0.05) is 21.6 Å². The van der Waals surface area contributed by atoms with Crippen LogP contribution in [0.4, 0.5) is 0 Å². The fourth-order valence-electron chi connectivity index (χ4n) is 0.501. The third kappa shape index (κ3) is 1.55. The van der Waals surface area contributed by atoms with Crippen LogP contribution in [-0.4, -0.2) is 23.6 Å². The summed E-state index contributed by atoms with van der Waals surface area (Å²) in [4.78, 5) is 0. The Morgan fingerprint density at radius 3 is 1.62 bits per heavy atom. The molecule has 2 atom stereocenters. The monoisotopic (exact) mass is 150 g/mol. The number of rotatable bonds is 0. The molecule has 0 unspecified atom stereocenters. The third-order valence-electron chi connectivity index (χ3n) is 1.15. The minimum Gasteiger partial charge on any atom is -0.326 e. The van der Waals surface area contributed by atoms with Gasteiger partial charge in [0.05, 0.1) is 0 Å². The summed E-state index contributed by atoms with van der Waals surface area (Å²) >= 11 is 0. The number of hydrogen-bond donors (Lipinski definition) is 2. The van der Waals surface area contributed by atoms with E-state index in [4.69, 9.17) is 11.5 Å². The lowest BCUT2D eigenvalue weighted by molar-refractivity contribution is 0.617. The Hall–Kier alpha value is 0.620. The van der Waals surface area contributed by atoms with E-state index in [1.54, 1.807) is 0 Å². The molecule has 0 bridgehead atoms. The molecule has 0 aliphatic carbocycles. The lowest BCUT2D eigenvalue weighted by Crippen LogP contribution is -2.46. The van der Waals surface area contributed by atoms with Crippen LogP contribution in [0.3, 0.4) is 0 Å². The first-order chi connectivity index (χ1) is 3.80. The van der Waals surface area contributed by atoms with Gasteiger partial charge < -0.3 is 11.5 Å². The first-order valence-electron chi connectivity index (χ1n) is 2.56. The summed E-state index contributed by atoms with van der Waals surface area (Å²) in [6.07, 6.45) is 0. The van der Waals surface area contributed by atoms with Crippen molar-refractivity contribution in [3.05, 3.63) is 0 Å². The molecular weight excluding hydrogens is 140 g/mol.